The lowest BCUT2D eigenvalue weighted by Gasteiger charge is -2.17. The Hall–Kier alpha value is -0.0800. The zero-order valence-electron chi connectivity index (χ0n) is 6.67. The fourth-order valence-corrected chi connectivity index (χ4v) is 3.62. The Labute approximate surface area is 65.9 Å². The van der Waals surface area contributed by atoms with Crippen molar-refractivity contribution in [1.29, 1.82) is 0 Å². The second-order valence-electron chi connectivity index (χ2n) is 4.48. The summed E-state index contributed by atoms with van der Waals surface area (Å²) in [5.74, 6) is 2.42. The van der Waals surface area contributed by atoms with Gasteiger partial charge >= 0.3 is 0 Å². The minimum Gasteiger partial charge on any atom is -0.306 e. The molecule has 2 nitrogen and oxygen atoms in total. The van der Waals surface area contributed by atoms with Crippen molar-refractivity contribution in [1.82, 2.24) is 0 Å². The van der Waals surface area contributed by atoms with Crippen LogP contribution in [0.2, 0.25) is 0 Å². The van der Waals surface area contributed by atoms with E-state index >= 15 is 0 Å². The van der Waals surface area contributed by atoms with Crippen molar-refractivity contribution >= 4 is 0 Å². The molecular formula is C9H12O2. The van der Waals surface area contributed by atoms with E-state index in [1.165, 1.54) is 19.3 Å². The Morgan fingerprint density at radius 3 is 2.64 bits per heavy atom. The minimum absolute atomic E-state index is 0.00331. The number of hydrogen-bond donors (Lipinski definition) is 0. The molecule has 3 atom stereocenters. The van der Waals surface area contributed by atoms with Gasteiger partial charge in [-0.3, -0.25) is 0 Å². The number of ether oxygens (including phenoxy) is 2. The van der Waals surface area contributed by atoms with Crippen molar-refractivity contribution in [3.8, 4) is 0 Å². The highest BCUT2D eigenvalue weighted by Crippen LogP contribution is 2.85. The fraction of sp³-hybridized carbons (Fsp3) is 1.00. The molecule has 2 heteroatoms. The van der Waals surface area contributed by atoms with Crippen LogP contribution >= 0.6 is 0 Å². The van der Waals surface area contributed by atoms with Crippen molar-refractivity contribution in [2.75, 3.05) is 0 Å². The Morgan fingerprint density at radius 1 is 1.27 bits per heavy atom. The molecule has 2 bridgehead atoms. The summed E-state index contributed by atoms with van der Waals surface area (Å²) in [6, 6.07) is 0. The van der Waals surface area contributed by atoms with Gasteiger partial charge in [0.1, 0.15) is 0 Å². The zero-order valence-corrected chi connectivity index (χ0v) is 6.67. The van der Waals surface area contributed by atoms with Crippen molar-refractivity contribution in [2.24, 2.45) is 17.8 Å². The van der Waals surface area contributed by atoms with Gasteiger partial charge in [0, 0.05) is 11.8 Å². The van der Waals surface area contributed by atoms with Crippen molar-refractivity contribution < 1.29 is 9.47 Å². The molecule has 0 aromatic rings. The van der Waals surface area contributed by atoms with Gasteiger partial charge in [-0.1, -0.05) is 13.3 Å². The van der Waals surface area contributed by atoms with Crippen LogP contribution in [0.4, 0.5) is 0 Å². The molecule has 4 aliphatic rings. The van der Waals surface area contributed by atoms with Crippen LogP contribution in [0.15, 0.2) is 0 Å². The summed E-state index contributed by atoms with van der Waals surface area (Å²) in [7, 11) is 0. The summed E-state index contributed by atoms with van der Waals surface area (Å²) in [5, 5.41) is 0. The summed E-state index contributed by atoms with van der Waals surface area (Å²) in [5.41, 5.74) is 0. The predicted octanol–water partition coefficient (Wildman–Crippen LogP) is 1.51. The molecule has 3 unspecified atom stereocenters. The van der Waals surface area contributed by atoms with E-state index in [0.29, 0.717) is 0 Å². The smallest absolute Gasteiger partial charge is 0.232 e. The predicted molar refractivity (Wildman–Crippen MR) is 37.6 cm³/mol. The van der Waals surface area contributed by atoms with Gasteiger partial charge in [-0.25, -0.2) is 0 Å². The number of hydrogen-bond acceptors (Lipinski definition) is 2. The third kappa shape index (κ3) is 0.338. The Balaban J connectivity index is 1.79. The molecule has 4 rings (SSSR count). The van der Waals surface area contributed by atoms with Crippen LogP contribution in [0.3, 0.4) is 0 Å². The molecule has 2 heterocycles. The number of rotatable bonds is 1. The SMILES string of the molecule is CCC1CC2CC1C13OC21O3. The van der Waals surface area contributed by atoms with Gasteiger partial charge in [0.2, 0.25) is 11.6 Å². The minimum atomic E-state index is -0.00338. The average Bonchev–Trinajstić information content (AvgIpc) is 2.71. The first-order valence-corrected chi connectivity index (χ1v) is 4.73. The molecule has 0 aromatic heterocycles. The molecule has 2 saturated heterocycles. The first kappa shape index (κ1) is 5.55. The summed E-state index contributed by atoms with van der Waals surface area (Å²) in [4.78, 5) is 0. The maximum absolute atomic E-state index is 5.61. The second kappa shape index (κ2) is 1.17. The number of epoxide rings is 2. The molecule has 0 spiro atoms. The van der Waals surface area contributed by atoms with Crippen LogP contribution in [0.1, 0.15) is 26.2 Å². The normalized spacial score (nSPS) is 74.5. The third-order valence-corrected chi connectivity index (χ3v) is 4.25. The highest BCUT2D eigenvalue weighted by molar-refractivity contribution is 5.32. The van der Waals surface area contributed by atoms with Gasteiger partial charge < -0.3 is 9.47 Å². The summed E-state index contributed by atoms with van der Waals surface area (Å²) in [6.45, 7) is 2.29. The first-order valence-electron chi connectivity index (χ1n) is 4.73. The number of fused-ring (bicyclic) bond motifs is 2. The lowest BCUT2D eigenvalue weighted by molar-refractivity contribution is -0.152. The van der Waals surface area contributed by atoms with Crippen LogP contribution in [-0.2, 0) is 9.47 Å². The molecule has 2 aliphatic carbocycles. The standard InChI is InChI=1S/C9H12O2/c1-2-5-3-6-4-7(5)9-8(6,10-9)11-9/h5-7H,2-4H2,1H3. The summed E-state index contributed by atoms with van der Waals surface area (Å²) >= 11 is 0. The van der Waals surface area contributed by atoms with E-state index in [1.54, 1.807) is 0 Å². The van der Waals surface area contributed by atoms with Crippen molar-refractivity contribution in [3.05, 3.63) is 0 Å². The Morgan fingerprint density at radius 2 is 2.09 bits per heavy atom. The van der Waals surface area contributed by atoms with E-state index < -0.39 is 0 Å². The molecule has 0 N–H and O–H groups in total. The van der Waals surface area contributed by atoms with Gasteiger partial charge in [0.15, 0.2) is 0 Å². The second-order valence-corrected chi connectivity index (χ2v) is 4.48. The Kier molecular flexibility index (Phi) is 0.592. The largest absolute Gasteiger partial charge is 0.306 e. The molecular weight excluding hydrogens is 140 g/mol. The van der Waals surface area contributed by atoms with Crippen LogP contribution in [0.25, 0.3) is 0 Å². The summed E-state index contributed by atoms with van der Waals surface area (Å²) in [6.07, 6.45) is 4.06. The average molecular weight is 152 g/mol. The molecule has 2 saturated carbocycles. The molecule has 2 aliphatic heterocycles. The summed E-state index contributed by atoms with van der Waals surface area (Å²) < 4.78 is 11.2. The van der Waals surface area contributed by atoms with E-state index in [1.807, 2.05) is 0 Å². The lowest BCUT2D eigenvalue weighted by Crippen LogP contribution is -2.19. The lowest BCUT2D eigenvalue weighted by atomic mass is 9.87. The van der Waals surface area contributed by atoms with Gasteiger partial charge in [0.25, 0.3) is 0 Å². The topological polar surface area (TPSA) is 25.1 Å². The van der Waals surface area contributed by atoms with Gasteiger partial charge in [-0.15, -0.1) is 0 Å². The first-order chi connectivity index (χ1) is 5.32. The molecule has 4 fully saturated rings. The maximum Gasteiger partial charge on any atom is 0.232 e. The highest BCUT2D eigenvalue weighted by atomic mass is 17.1. The van der Waals surface area contributed by atoms with Crippen LogP contribution < -0.4 is 0 Å². The fourth-order valence-electron chi connectivity index (χ4n) is 3.62. The van der Waals surface area contributed by atoms with Crippen LogP contribution in [0.5, 0.6) is 0 Å². The molecule has 60 valence electrons. The zero-order chi connectivity index (χ0) is 7.27. The van der Waals surface area contributed by atoms with Gasteiger partial charge in [0.05, 0.1) is 0 Å². The van der Waals surface area contributed by atoms with Crippen LogP contribution in [0, 0.1) is 17.8 Å². The quantitative estimate of drug-likeness (QED) is 0.532. The van der Waals surface area contributed by atoms with Gasteiger partial charge in [-0.05, 0) is 18.8 Å². The molecule has 0 amide bonds. The Bertz CT molecular complexity index is 242. The molecule has 0 radical (unpaired) electrons. The maximum atomic E-state index is 5.61. The van der Waals surface area contributed by atoms with Crippen molar-refractivity contribution in [3.63, 3.8) is 0 Å². The third-order valence-electron chi connectivity index (χ3n) is 4.25. The van der Waals surface area contributed by atoms with Gasteiger partial charge in [-0.2, -0.15) is 0 Å². The highest BCUT2D eigenvalue weighted by Gasteiger charge is 3.01. The van der Waals surface area contributed by atoms with Crippen LogP contribution in [-0.4, -0.2) is 11.6 Å². The molecule has 0 aromatic carbocycles. The monoisotopic (exact) mass is 152 g/mol. The van der Waals surface area contributed by atoms with E-state index in [2.05, 4.69) is 6.92 Å². The van der Waals surface area contributed by atoms with E-state index in [0.717, 1.165) is 17.8 Å². The van der Waals surface area contributed by atoms with E-state index in [-0.39, 0.29) is 11.6 Å². The van der Waals surface area contributed by atoms with Crippen molar-refractivity contribution in [2.45, 2.75) is 37.8 Å². The van der Waals surface area contributed by atoms with E-state index in [9.17, 15) is 0 Å². The molecule has 11 heavy (non-hydrogen) atoms. The van der Waals surface area contributed by atoms with E-state index in [4.69, 9.17) is 9.47 Å².